The van der Waals surface area contributed by atoms with Crippen LogP contribution in [0.4, 0.5) is 11.9 Å². The summed E-state index contributed by atoms with van der Waals surface area (Å²) in [4.78, 5) is 25.3. The second kappa shape index (κ2) is 6.30. The summed E-state index contributed by atoms with van der Waals surface area (Å²) in [5.74, 6) is 5.22. The van der Waals surface area contributed by atoms with E-state index in [2.05, 4.69) is 20.4 Å². The van der Waals surface area contributed by atoms with Crippen LogP contribution in [0.2, 0.25) is 0 Å². The van der Waals surface area contributed by atoms with Crippen LogP contribution in [0, 0.1) is 0 Å². The van der Waals surface area contributed by atoms with Crippen LogP contribution in [0.3, 0.4) is 0 Å². The van der Waals surface area contributed by atoms with E-state index in [1.807, 2.05) is 0 Å². The smallest absolute Gasteiger partial charge is 0.323 e. The van der Waals surface area contributed by atoms with Crippen molar-refractivity contribution in [1.82, 2.24) is 15.0 Å². The molecule has 2 rings (SSSR count). The highest BCUT2D eigenvalue weighted by molar-refractivity contribution is 5.83. The van der Waals surface area contributed by atoms with Crippen LogP contribution in [0.15, 0.2) is 0 Å². The van der Waals surface area contributed by atoms with Gasteiger partial charge in [0.15, 0.2) is 0 Å². The molecule has 0 radical (unpaired) electrons. The lowest BCUT2D eigenvalue weighted by Crippen LogP contribution is -2.53. The first-order valence-electron chi connectivity index (χ1n) is 6.15. The molecule has 1 unspecified atom stereocenters. The highest BCUT2D eigenvalue weighted by atomic mass is 16.5. The first-order chi connectivity index (χ1) is 9.65. The number of hydrazine groups is 1. The number of nitrogens with two attached hydrogens (primary N) is 2. The number of rotatable bonds is 5. The van der Waals surface area contributed by atoms with Crippen LogP contribution in [-0.2, 0) is 9.53 Å². The fraction of sp³-hybridized carbons (Fsp3) is 0.600. The van der Waals surface area contributed by atoms with E-state index in [1.165, 1.54) is 0 Å². The lowest BCUT2D eigenvalue weighted by molar-refractivity contribution is -0.121. The van der Waals surface area contributed by atoms with Crippen LogP contribution >= 0.6 is 0 Å². The molecule has 1 saturated heterocycles. The quantitative estimate of drug-likeness (QED) is 0.423. The molecule has 1 amide bonds. The number of hydrogen-bond donors (Lipinski definition) is 3. The van der Waals surface area contributed by atoms with Crippen molar-refractivity contribution in [2.45, 2.75) is 13.0 Å². The normalized spacial score (nSPS) is 18.7. The fourth-order valence-corrected chi connectivity index (χ4v) is 1.81. The maximum atomic E-state index is 11.5. The van der Waals surface area contributed by atoms with E-state index in [4.69, 9.17) is 21.1 Å². The maximum Gasteiger partial charge on any atom is 0.323 e. The summed E-state index contributed by atoms with van der Waals surface area (Å²) in [7, 11) is 0. The minimum atomic E-state index is -0.633. The molecule has 1 aromatic rings. The van der Waals surface area contributed by atoms with E-state index in [9.17, 15) is 4.79 Å². The number of anilines is 2. The molecule has 1 aliphatic heterocycles. The van der Waals surface area contributed by atoms with E-state index in [0.29, 0.717) is 19.8 Å². The molecule has 0 aliphatic carbocycles. The number of ether oxygens (including phenoxy) is 2. The SMILES string of the molecule is CCOc1nc(NN)nc(N2CCOCC2C(N)=O)n1. The number of primary amides is 1. The van der Waals surface area contributed by atoms with Gasteiger partial charge in [-0.25, -0.2) is 5.84 Å². The van der Waals surface area contributed by atoms with Crippen molar-refractivity contribution < 1.29 is 14.3 Å². The monoisotopic (exact) mass is 283 g/mol. The second-order valence-corrected chi connectivity index (χ2v) is 4.01. The predicted molar refractivity (Wildman–Crippen MR) is 70.0 cm³/mol. The molecule has 0 aromatic carbocycles. The minimum Gasteiger partial charge on any atom is -0.464 e. The molecule has 0 bridgehead atoms. The number of hydrogen-bond acceptors (Lipinski definition) is 9. The highest BCUT2D eigenvalue weighted by Gasteiger charge is 2.30. The Morgan fingerprint density at radius 3 is 3.00 bits per heavy atom. The number of amides is 1. The van der Waals surface area contributed by atoms with Gasteiger partial charge >= 0.3 is 6.01 Å². The number of morpholine rings is 1. The third-order valence-electron chi connectivity index (χ3n) is 2.72. The molecule has 0 spiro atoms. The zero-order chi connectivity index (χ0) is 14.5. The van der Waals surface area contributed by atoms with Crippen molar-refractivity contribution >= 4 is 17.8 Å². The van der Waals surface area contributed by atoms with E-state index in [0.717, 1.165) is 0 Å². The van der Waals surface area contributed by atoms with E-state index in [-0.39, 0.29) is 24.5 Å². The number of nitrogens with one attached hydrogen (secondary N) is 1. The predicted octanol–water partition coefficient (Wildman–Crippen LogP) is -1.75. The Labute approximate surface area is 115 Å². The molecule has 1 aliphatic rings. The average molecular weight is 283 g/mol. The van der Waals surface area contributed by atoms with Gasteiger partial charge in [-0.2, -0.15) is 15.0 Å². The van der Waals surface area contributed by atoms with Crippen molar-refractivity contribution in [2.75, 3.05) is 36.7 Å². The summed E-state index contributed by atoms with van der Waals surface area (Å²) in [5.41, 5.74) is 7.69. The molecular formula is C10H17N7O3. The summed E-state index contributed by atoms with van der Waals surface area (Å²) >= 11 is 0. The third kappa shape index (κ3) is 3.03. The van der Waals surface area contributed by atoms with Crippen molar-refractivity contribution in [3.8, 4) is 6.01 Å². The summed E-state index contributed by atoms with van der Waals surface area (Å²) in [6, 6.07) is -0.508. The van der Waals surface area contributed by atoms with Crippen LogP contribution in [0.5, 0.6) is 6.01 Å². The van der Waals surface area contributed by atoms with Crippen LogP contribution in [-0.4, -0.2) is 53.3 Å². The Hall–Kier alpha value is -2.20. The Balaban J connectivity index is 2.33. The van der Waals surface area contributed by atoms with Gasteiger partial charge in [-0.1, -0.05) is 0 Å². The molecule has 0 saturated carbocycles. The maximum absolute atomic E-state index is 11.5. The molecular weight excluding hydrogens is 266 g/mol. The van der Waals surface area contributed by atoms with Crippen molar-refractivity contribution in [1.29, 1.82) is 0 Å². The molecule has 1 aromatic heterocycles. The molecule has 10 heteroatoms. The zero-order valence-corrected chi connectivity index (χ0v) is 11.1. The van der Waals surface area contributed by atoms with E-state index in [1.54, 1.807) is 11.8 Å². The minimum absolute atomic E-state index is 0.125. The molecule has 20 heavy (non-hydrogen) atoms. The van der Waals surface area contributed by atoms with Gasteiger partial charge in [0.2, 0.25) is 17.8 Å². The van der Waals surface area contributed by atoms with Crippen molar-refractivity contribution in [3.63, 3.8) is 0 Å². The van der Waals surface area contributed by atoms with Gasteiger partial charge in [0.1, 0.15) is 6.04 Å². The molecule has 110 valence electrons. The standard InChI is InChI=1S/C10H17N7O3/c1-2-20-10-14-8(16-12)13-9(15-10)17-3-4-19-5-6(17)7(11)18/h6H,2-5,12H2,1H3,(H2,11,18)(H,13,14,15,16). The number of carbonyl (C=O) groups is 1. The molecule has 10 nitrogen and oxygen atoms in total. The summed E-state index contributed by atoms with van der Waals surface area (Å²) < 4.78 is 10.5. The number of nitrogens with zero attached hydrogens (tertiary/aromatic N) is 4. The van der Waals surface area contributed by atoms with Gasteiger partial charge in [0.25, 0.3) is 0 Å². The summed E-state index contributed by atoms with van der Waals surface area (Å²) in [6.07, 6.45) is 0. The lowest BCUT2D eigenvalue weighted by atomic mass is 10.2. The van der Waals surface area contributed by atoms with Gasteiger partial charge < -0.3 is 20.1 Å². The van der Waals surface area contributed by atoms with Crippen LogP contribution < -0.4 is 26.6 Å². The van der Waals surface area contributed by atoms with Gasteiger partial charge in [0, 0.05) is 6.54 Å². The Morgan fingerprint density at radius 2 is 2.35 bits per heavy atom. The topological polar surface area (TPSA) is 142 Å². The zero-order valence-electron chi connectivity index (χ0n) is 11.1. The largest absolute Gasteiger partial charge is 0.464 e. The lowest BCUT2D eigenvalue weighted by Gasteiger charge is -2.33. The van der Waals surface area contributed by atoms with Gasteiger partial charge in [-0.3, -0.25) is 10.2 Å². The van der Waals surface area contributed by atoms with Crippen LogP contribution in [0.25, 0.3) is 0 Å². The van der Waals surface area contributed by atoms with E-state index < -0.39 is 11.9 Å². The number of carbonyl (C=O) groups excluding carboxylic acids is 1. The average Bonchev–Trinajstić information content (AvgIpc) is 2.47. The van der Waals surface area contributed by atoms with Gasteiger partial charge in [0.05, 0.1) is 19.8 Å². The molecule has 5 N–H and O–H groups in total. The third-order valence-corrected chi connectivity index (χ3v) is 2.72. The Morgan fingerprint density at radius 1 is 1.55 bits per heavy atom. The summed E-state index contributed by atoms with van der Waals surface area (Å²) in [6.45, 7) is 3.28. The van der Waals surface area contributed by atoms with E-state index >= 15 is 0 Å². The summed E-state index contributed by atoms with van der Waals surface area (Å²) in [5, 5.41) is 0. The number of nitrogen functional groups attached to an aromatic ring is 1. The first-order valence-corrected chi connectivity index (χ1v) is 6.15. The molecule has 1 fully saturated rings. The highest BCUT2D eigenvalue weighted by Crippen LogP contribution is 2.19. The van der Waals surface area contributed by atoms with Crippen LogP contribution in [0.1, 0.15) is 6.92 Å². The van der Waals surface area contributed by atoms with Crippen molar-refractivity contribution in [2.24, 2.45) is 11.6 Å². The van der Waals surface area contributed by atoms with Gasteiger partial charge in [-0.15, -0.1) is 0 Å². The molecule has 1 atom stereocenters. The molecule has 2 heterocycles. The van der Waals surface area contributed by atoms with Crippen molar-refractivity contribution in [3.05, 3.63) is 0 Å². The Bertz CT molecular complexity index is 484. The number of aromatic nitrogens is 3. The first kappa shape index (κ1) is 14.2. The Kier molecular flexibility index (Phi) is 4.48. The van der Waals surface area contributed by atoms with Gasteiger partial charge in [-0.05, 0) is 6.92 Å². The fourth-order valence-electron chi connectivity index (χ4n) is 1.81. The second-order valence-electron chi connectivity index (χ2n) is 4.01.